The Morgan fingerprint density at radius 3 is 1.14 bits per heavy atom. The first kappa shape index (κ1) is 27.7. The van der Waals surface area contributed by atoms with Crippen molar-refractivity contribution >= 4 is 11.9 Å². The summed E-state index contributed by atoms with van der Waals surface area (Å²) in [5, 5.41) is 0. The summed E-state index contributed by atoms with van der Waals surface area (Å²) < 4.78 is 22.4. The van der Waals surface area contributed by atoms with Crippen LogP contribution >= 0.6 is 0 Å². The molecule has 2 aromatic rings. The van der Waals surface area contributed by atoms with E-state index in [0.717, 1.165) is 11.1 Å². The molecule has 0 fully saturated rings. The maximum absolute atomic E-state index is 11.8. The molecule has 6 heteroatoms. The Hall–Kier alpha value is -3.54. The van der Waals surface area contributed by atoms with Crippen LogP contribution in [0.1, 0.15) is 66.5 Å². The monoisotopic (exact) mass is 480 g/mol. The summed E-state index contributed by atoms with van der Waals surface area (Å²) >= 11 is 0. The third kappa shape index (κ3) is 7.74. The molecular weight excluding hydrogens is 444 g/mol. The minimum Gasteiger partial charge on any atom is -0.453 e. The molecule has 0 spiro atoms. The number of esters is 2. The average Bonchev–Trinajstić information content (AvgIpc) is 2.73. The van der Waals surface area contributed by atoms with Crippen molar-refractivity contribution in [1.29, 1.82) is 0 Å². The molecule has 0 bridgehead atoms. The lowest BCUT2D eigenvalue weighted by Crippen LogP contribution is -2.34. The highest BCUT2D eigenvalue weighted by atomic mass is 16.7. The zero-order valence-electron chi connectivity index (χ0n) is 22.0. The van der Waals surface area contributed by atoms with E-state index in [1.165, 1.54) is 0 Å². The van der Waals surface area contributed by atoms with Gasteiger partial charge in [0.25, 0.3) is 0 Å². The zero-order valence-corrected chi connectivity index (χ0v) is 22.0. The minimum absolute atomic E-state index is 0.305. The standard InChI is InChI=1S/C29H36O6/c1-19(2)25(30)34-28(7,8)32-23-15-11-21(12-16-23)27(5,6)22-13-17-24(18-14-22)33-29(9,10)35-26(31)20(3)4/h11-18H,1,3H2,2,4-10H3. The Bertz CT molecular complexity index is 1000. The second kappa shape index (κ2) is 10.4. The molecule has 0 aromatic heterocycles. The average molecular weight is 481 g/mol. The van der Waals surface area contributed by atoms with Gasteiger partial charge in [-0.1, -0.05) is 51.3 Å². The molecule has 0 saturated heterocycles. The van der Waals surface area contributed by atoms with Gasteiger partial charge in [0, 0.05) is 44.3 Å². The Kier molecular flexibility index (Phi) is 8.22. The van der Waals surface area contributed by atoms with Crippen LogP contribution < -0.4 is 9.47 Å². The quantitative estimate of drug-likeness (QED) is 0.220. The van der Waals surface area contributed by atoms with Gasteiger partial charge in [-0.25, -0.2) is 9.59 Å². The van der Waals surface area contributed by atoms with Crippen LogP contribution in [0.4, 0.5) is 0 Å². The first-order valence-corrected chi connectivity index (χ1v) is 11.4. The van der Waals surface area contributed by atoms with E-state index in [1.54, 1.807) is 41.5 Å². The number of carbonyl (C=O) groups is 2. The van der Waals surface area contributed by atoms with Crippen LogP contribution in [0.5, 0.6) is 11.5 Å². The van der Waals surface area contributed by atoms with Gasteiger partial charge in [-0.15, -0.1) is 0 Å². The van der Waals surface area contributed by atoms with Crippen molar-refractivity contribution in [2.24, 2.45) is 0 Å². The van der Waals surface area contributed by atoms with Gasteiger partial charge >= 0.3 is 11.9 Å². The number of hydrogen-bond donors (Lipinski definition) is 0. The van der Waals surface area contributed by atoms with Gasteiger partial charge in [-0.3, -0.25) is 0 Å². The summed E-state index contributed by atoms with van der Waals surface area (Å²) in [6.45, 7) is 21.3. The predicted octanol–water partition coefficient (Wildman–Crippen LogP) is 6.48. The molecule has 0 aliphatic rings. The van der Waals surface area contributed by atoms with Crippen molar-refractivity contribution in [3.8, 4) is 11.5 Å². The molecule has 2 aromatic carbocycles. The Labute approximate surface area is 208 Å². The molecule has 35 heavy (non-hydrogen) atoms. The van der Waals surface area contributed by atoms with Crippen molar-refractivity contribution < 1.29 is 28.5 Å². The Balaban J connectivity index is 2.12. The van der Waals surface area contributed by atoms with Crippen molar-refractivity contribution in [3.05, 3.63) is 84.0 Å². The van der Waals surface area contributed by atoms with E-state index >= 15 is 0 Å². The largest absolute Gasteiger partial charge is 0.453 e. The maximum Gasteiger partial charge on any atom is 0.336 e. The summed E-state index contributed by atoms with van der Waals surface area (Å²) in [7, 11) is 0. The first-order valence-electron chi connectivity index (χ1n) is 11.4. The fourth-order valence-corrected chi connectivity index (χ4v) is 3.28. The SMILES string of the molecule is C=C(C)C(=O)OC(C)(C)Oc1ccc(C(C)(C)c2ccc(OC(C)(C)OC(=O)C(=C)C)cc2)cc1. The topological polar surface area (TPSA) is 71.1 Å². The van der Waals surface area contributed by atoms with Gasteiger partial charge in [0.15, 0.2) is 0 Å². The molecule has 0 N–H and O–H groups in total. The van der Waals surface area contributed by atoms with Gasteiger partial charge < -0.3 is 18.9 Å². The lowest BCUT2D eigenvalue weighted by atomic mass is 9.78. The Morgan fingerprint density at radius 2 is 0.886 bits per heavy atom. The fourth-order valence-electron chi connectivity index (χ4n) is 3.28. The molecule has 0 aliphatic heterocycles. The third-order valence-corrected chi connectivity index (χ3v) is 5.25. The molecule has 0 amide bonds. The number of rotatable bonds is 10. The summed E-state index contributed by atoms with van der Waals surface area (Å²) in [6, 6.07) is 15.3. The first-order chi connectivity index (χ1) is 16.0. The van der Waals surface area contributed by atoms with Crippen LogP contribution in [0, 0.1) is 0 Å². The van der Waals surface area contributed by atoms with E-state index in [-0.39, 0.29) is 5.41 Å². The minimum atomic E-state index is -1.13. The molecule has 6 nitrogen and oxygen atoms in total. The predicted molar refractivity (Wildman–Crippen MR) is 136 cm³/mol. The highest BCUT2D eigenvalue weighted by molar-refractivity contribution is 5.87. The maximum atomic E-state index is 11.8. The molecule has 2 rings (SSSR count). The van der Waals surface area contributed by atoms with E-state index in [1.807, 2.05) is 48.5 Å². The number of benzene rings is 2. The fraction of sp³-hybridized carbons (Fsp3) is 0.379. The third-order valence-electron chi connectivity index (χ3n) is 5.25. The number of ether oxygens (including phenoxy) is 4. The summed E-state index contributed by atoms with van der Waals surface area (Å²) in [5.74, 6) is -2.10. The van der Waals surface area contributed by atoms with E-state index in [2.05, 4.69) is 27.0 Å². The lowest BCUT2D eigenvalue weighted by molar-refractivity contribution is -0.182. The zero-order chi connectivity index (χ0) is 26.6. The lowest BCUT2D eigenvalue weighted by Gasteiger charge is -2.29. The second-order valence-electron chi connectivity index (χ2n) is 10.0. The molecule has 0 saturated carbocycles. The van der Waals surface area contributed by atoms with Crippen LogP contribution in [-0.4, -0.2) is 23.5 Å². The normalized spacial score (nSPS) is 11.9. The Morgan fingerprint density at radius 1 is 0.600 bits per heavy atom. The van der Waals surface area contributed by atoms with Crippen LogP contribution in [0.25, 0.3) is 0 Å². The number of hydrogen-bond acceptors (Lipinski definition) is 6. The summed E-state index contributed by atoms with van der Waals surface area (Å²) in [4.78, 5) is 23.7. The van der Waals surface area contributed by atoms with Gasteiger partial charge in [0.2, 0.25) is 11.6 Å². The van der Waals surface area contributed by atoms with Gasteiger partial charge in [0.05, 0.1) is 0 Å². The van der Waals surface area contributed by atoms with Crippen LogP contribution in [0.2, 0.25) is 0 Å². The molecule has 0 atom stereocenters. The molecule has 0 aliphatic carbocycles. The molecule has 188 valence electrons. The van der Waals surface area contributed by atoms with Gasteiger partial charge in [-0.2, -0.15) is 0 Å². The van der Waals surface area contributed by atoms with Crippen molar-refractivity contribution in [1.82, 2.24) is 0 Å². The smallest absolute Gasteiger partial charge is 0.336 e. The second-order valence-corrected chi connectivity index (χ2v) is 10.0. The van der Waals surface area contributed by atoms with Crippen LogP contribution in [0.3, 0.4) is 0 Å². The molecule has 0 unspecified atom stereocenters. The van der Waals surface area contributed by atoms with E-state index in [4.69, 9.17) is 18.9 Å². The molecule has 0 radical (unpaired) electrons. The van der Waals surface area contributed by atoms with E-state index in [0.29, 0.717) is 22.6 Å². The van der Waals surface area contributed by atoms with Crippen molar-refractivity contribution in [3.63, 3.8) is 0 Å². The summed E-state index contributed by atoms with van der Waals surface area (Å²) in [6.07, 6.45) is 0. The van der Waals surface area contributed by atoms with E-state index < -0.39 is 23.5 Å². The highest BCUT2D eigenvalue weighted by Gasteiger charge is 2.28. The van der Waals surface area contributed by atoms with Gasteiger partial charge in [-0.05, 0) is 49.2 Å². The van der Waals surface area contributed by atoms with E-state index in [9.17, 15) is 9.59 Å². The van der Waals surface area contributed by atoms with Crippen LogP contribution in [-0.2, 0) is 24.5 Å². The highest BCUT2D eigenvalue weighted by Crippen LogP contribution is 2.34. The summed E-state index contributed by atoms with van der Waals surface area (Å²) in [5.41, 5.74) is 2.47. The van der Waals surface area contributed by atoms with Crippen molar-refractivity contribution in [2.75, 3.05) is 0 Å². The molecule has 0 heterocycles. The van der Waals surface area contributed by atoms with Gasteiger partial charge in [0.1, 0.15) is 11.5 Å². The van der Waals surface area contributed by atoms with Crippen LogP contribution in [0.15, 0.2) is 72.8 Å². The number of carbonyl (C=O) groups excluding carboxylic acids is 2. The molecular formula is C29H36O6. The van der Waals surface area contributed by atoms with Crippen molar-refractivity contribution in [2.45, 2.75) is 72.4 Å².